The number of benzene rings is 3. The third kappa shape index (κ3) is 3.76. The summed E-state index contributed by atoms with van der Waals surface area (Å²) in [6.07, 6.45) is 0.0900. The van der Waals surface area contributed by atoms with E-state index in [1.54, 1.807) is 0 Å². The van der Waals surface area contributed by atoms with Gasteiger partial charge in [-0.25, -0.2) is 0 Å². The molecule has 1 aliphatic rings. The number of anilines is 2. The second-order valence-corrected chi connectivity index (χ2v) is 8.93. The van der Waals surface area contributed by atoms with Crippen molar-refractivity contribution in [2.24, 2.45) is 0 Å². The predicted molar refractivity (Wildman–Crippen MR) is 126 cm³/mol. The van der Waals surface area contributed by atoms with Crippen molar-refractivity contribution < 1.29 is 0 Å². The largest absolute Gasteiger partial charge is 0.343 e. The number of halogens is 2. The Morgan fingerprint density at radius 1 is 0.714 bits per heavy atom. The molecule has 3 aromatic carbocycles. The lowest BCUT2D eigenvalue weighted by atomic mass is 10.0. The van der Waals surface area contributed by atoms with Crippen LogP contribution in [0.5, 0.6) is 0 Å². The Kier molecular flexibility index (Phi) is 5.61. The molecule has 4 heteroatoms. The van der Waals surface area contributed by atoms with Crippen molar-refractivity contribution in [3.8, 4) is 0 Å². The molecule has 0 saturated heterocycles. The standard InChI is InChI=1S/C24H22Br2N2/c1-17-16-27(22-12-8-20(25)9-13-22)24(19-6-4-3-5-7-19)28(18(17)2)23-14-10-21(26)11-15-23/h3-15,24H,16H2,1-2H3. The second kappa shape index (κ2) is 8.14. The number of nitrogens with zero attached hydrogens (tertiary/aromatic N) is 2. The van der Waals surface area contributed by atoms with Gasteiger partial charge in [0.05, 0.1) is 0 Å². The van der Waals surface area contributed by atoms with E-state index in [0.717, 1.165) is 15.5 Å². The van der Waals surface area contributed by atoms with Crippen molar-refractivity contribution in [2.45, 2.75) is 20.0 Å². The maximum atomic E-state index is 3.57. The van der Waals surface area contributed by atoms with Gasteiger partial charge in [0.2, 0.25) is 0 Å². The molecule has 28 heavy (non-hydrogen) atoms. The third-order valence-corrected chi connectivity index (χ3v) is 6.34. The highest BCUT2D eigenvalue weighted by atomic mass is 79.9. The third-order valence-electron chi connectivity index (χ3n) is 5.29. The van der Waals surface area contributed by atoms with Gasteiger partial charge in [0.1, 0.15) is 6.17 Å². The zero-order chi connectivity index (χ0) is 19.7. The van der Waals surface area contributed by atoms with Crippen LogP contribution in [0.4, 0.5) is 11.4 Å². The molecule has 1 heterocycles. The Morgan fingerprint density at radius 2 is 1.25 bits per heavy atom. The molecule has 0 bridgehead atoms. The minimum atomic E-state index is 0.0900. The molecule has 1 atom stereocenters. The quantitative estimate of drug-likeness (QED) is 0.369. The minimum absolute atomic E-state index is 0.0900. The van der Waals surface area contributed by atoms with Gasteiger partial charge in [-0.3, -0.25) is 0 Å². The zero-order valence-corrected chi connectivity index (χ0v) is 19.1. The van der Waals surface area contributed by atoms with Crippen molar-refractivity contribution in [1.82, 2.24) is 0 Å². The molecular weight excluding hydrogens is 476 g/mol. The monoisotopic (exact) mass is 496 g/mol. The molecule has 1 aliphatic heterocycles. The fourth-order valence-corrected chi connectivity index (χ4v) is 4.27. The van der Waals surface area contributed by atoms with E-state index < -0.39 is 0 Å². The Labute approximate surface area is 183 Å². The van der Waals surface area contributed by atoms with E-state index in [9.17, 15) is 0 Å². The van der Waals surface area contributed by atoms with Gasteiger partial charge in [-0.2, -0.15) is 0 Å². The average molecular weight is 498 g/mol. The van der Waals surface area contributed by atoms with Gasteiger partial charge in [0.25, 0.3) is 0 Å². The molecule has 0 amide bonds. The van der Waals surface area contributed by atoms with Crippen LogP contribution < -0.4 is 9.80 Å². The van der Waals surface area contributed by atoms with E-state index in [0.29, 0.717) is 0 Å². The molecule has 2 nitrogen and oxygen atoms in total. The molecule has 142 valence electrons. The van der Waals surface area contributed by atoms with Crippen LogP contribution in [0.3, 0.4) is 0 Å². The van der Waals surface area contributed by atoms with Crippen LogP contribution >= 0.6 is 31.9 Å². The summed E-state index contributed by atoms with van der Waals surface area (Å²) >= 11 is 7.13. The molecule has 0 N–H and O–H groups in total. The van der Waals surface area contributed by atoms with Crippen LogP contribution in [-0.4, -0.2) is 6.54 Å². The molecular formula is C24H22Br2N2. The fourth-order valence-electron chi connectivity index (χ4n) is 3.74. The highest BCUT2D eigenvalue weighted by Crippen LogP contribution is 2.41. The van der Waals surface area contributed by atoms with Gasteiger partial charge < -0.3 is 9.80 Å². The van der Waals surface area contributed by atoms with E-state index >= 15 is 0 Å². The summed E-state index contributed by atoms with van der Waals surface area (Å²) in [5.41, 5.74) is 6.37. The van der Waals surface area contributed by atoms with Gasteiger partial charge >= 0.3 is 0 Å². The zero-order valence-electron chi connectivity index (χ0n) is 15.9. The smallest absolute Gasteiger partial charge is 0.132 e. The van der Waals surface area contributed by atoms with Gasteiger partial charge in [-0.1, -0.05) is 62.2 Å². The van der Waals surface area contributed by atoms with Crippen molar-refractivity contribution in [1.29, 1.82) is 0 Å². The summed E-state index contributed by atoms with van der Waals surface area (Å²) in [6, 6.07) is 27.9. The molecule has 0 saturated carbocycles. The summed E-state index contributed by atoms with van der Waals surface area (Å²) in [5.74, 6) is 0. The van der Waals surface area contributed by atoms with Gasteiger partial charge in [-0.05, 0) is 73.5 Å². The first kappa shape index (κ1) is 19.3. The molecule has 0 spiro atoms. The van der Waals surface area contributed by atoms with E-state index in [1.165, 1.54) is 28.2 Å². The minimum Gasteiger partial charge on any atom is -0.343 e. The summed E-state index contributed by atoms with van der Waals surface area (Å²) in [6.45, 7) is 5.36. The highest BCUT2D eigenvalue weighted by molar-refractivity contribution is 9.10. The van der Waals surface area contributed by atoms with E-state index in [4.69, 9.17) is 0 Å². The molecule has 4 rings (SSSR count). The summed E-state index contributed by atoms with van der Waals surface area (Å²) in [5, 5.41) is 0. The van der Waals surface area contributed by atoms with E-state index in [1.807, 2.05) is 0 Å². The van der Waals surface area contributed by atoms with E-state index in [2.05, 4.69) is 134 Å². The molecule has 0 fully saturated rings. The first-order valence-electron chi connectivity index (χ1n) is 9.33. The number of hydrogen-bond donors (Lipinski definition) is 0. The number of rotatable bonds is 3. The van der Waals surface area contributed by atoms with Crippen LogP contribution in [-0.2, 0) is 0 Å². The normalized spacial score (nSPS) is 17.2. The molecule has 3 aromatic rings. The second-order valence-electron chi connectivity index (χ2n) is 7.10. The molecule has 0 aromatic heterocycles. The average Bonchev–Trinajstić information content (AvgIpc) is 2.72. The lowest BCUT2D eigenvalue weighted by Crippen LogP contribution is -2.46. The maximum Gasteiger partial charge on any atom is 0.132 e. The maximum absolute atomic E-state index is 3.57. The molecule has 1 unspecified atom stereocenters. The first-order chi connectivity index (χ1) is 13.5. The summed E-state index contributed by atoms with van der Waals surface area (Å²) in [4.78, 5) is 4.93. The lowest BCUT2D eigenvalue weighted by molar-refractivity contribution is 0.594. The summed E-state index contributed by atoms with van der Waals surface area (Å²) in [7, 11) is 0. The van der Waals surface area contributed by atoms with Crippen LogP contribution in [0.25, 0.3) is 0 Å². The highest BCUT2D eigenvalue weighted by Gasteiger charge is 2.33. The van der Waals surface area contributed by atoms with Crippen molar-refractivity contribution in [3.63, 3.8) is 0 Å². The molecule has 0 aliphatic carbocycles. The SMILES string of the molecule is CC1=C(C)N(c2ccc(Br)cc2)C(c2ccccc2)N(c2ccc(Br)cc2)C1. The number of hydrogen-bond acceptors (Lipinski definition) is 2. The topological polar surface area (TPSA) is 6.48 Å². The van der Waals surface area contributed by atoms with Gasteiger partial charge in [0.15, 0.2) is 0 Å². The van der Waals surface area contributed by atoms with Crippen molar-refractivity contribution >= 4 is 43.2 Å². The summed E-state index contributed by atoms with van der Waals surface area (Å²) < 4.78 is 2.19. The Bertz CT molecular complexity index is 979. The van der Waals surface area contributed by atoms with Crippen LogP contribution in [0.1, 0.15) is 25.6 Å². The van der Waals surface area contributed by atoms with Gasteiger partial charge in [-0.15, -0.1) is 0 Å². The fraction of sp³-hybridized carbons (Fsp3) is 0.167. The molecule has 0 radical (unpaired) electrons. The van der Waals surface area contributed by atoms with Crippen LogP contribution in [0.2, 0.25) is 0 Å². The Balaban J connectivity index is 1.89. The predicted octanol–water partition coefficient (Wildman–Crippen LogP) is 7.53. The van der Waals surface area contributed by atoms with Gasteiger partial charge in [0, 0.05) is 32.6 Å². The van der Waals surface area contributed by atoms with Crippen molar-refractivity contribution in [2.75, 3.05) is 16.3 Å². The Morgan fingerprint density at radius 3 is 1.82 bits per heavy atom. The van der Waals surface area contributed by atoms with Crippen LogP contribution in [0, 0.1) is 0 Å². The van der Waals surface area contributed by atoms with E-state index in [-0.39, 0.29) is 6.17 Å². The van der Waals surface area contributed by atoms with Crippen LogP contribution in [0.15, 0.2) is 99.1 Å². The Hall–Kier alpha value is -2.04. The first-order valence-corrected chi connectivity index (χ1v) is 10.9. The number of allylic oxidation sites excluding steroid dienone is 1. The van der Waals surface area contributed by atoms with Crippen molar-refractivity contribution in [3.05, 3.63) is 105 Å². The lowest BCUT2D eigenvalue weighted by Gasteiger charge is -2.47.